The average Bonchev–Trinajstić information content (AvgIpc) is 2.89. The molecule has 0 heterocycles. The molecule has 0 saturated carbocycles. The second-order valence-electron chi connectivity index (χ2n) is 9.84. The molecule has 0 fully saturated rings. The molecule has 9 nitrogen and oxygen atoms in total. The summed E-state index contributed by atoms with van der Waals surface area (Å²) in [6.07, 6.45) is 8.22. The molecule has 0 aliphatic heterocycles. The molecule has 0 bridgehead atoms. The van der Waals surface area contributed by atoms with Crippen molar-refractivity contribution in [3.05, 3.63) is 23.8 Å². The summed E-state index contributed by atoms with van der Waals surface area (Å²) in [6.45, 7) is 7.73. The van der Waals surface area contributed by atoms with Crippen LogP contribution in [0.5, 0.6) is 11.5 Å². The largest absolute Gasteiger partial charge is 0.462 e. The molecule has 0 radical (unpaired) electrons. The molecule has 0 amide bonds. The monoisotopic (exact) mass is 549 g/mol. The third kappa shape index (κ3) is 15.3. The maximum absolute atomic E-state index is 12.5. The van der Waals surface area contributed by atoms with Gasteiger partial charge < -0.3 is 24.7 Å². The van der Waals surface area contributed by atoms with Crippen LogP contribution in [-0.4, -0.2) is 42.6 Å². The van der Waals surface area contributed by atoms with Gasteiger partial charge in [0.05, 0.1) is 0 Å². The first-order valence-electron chi connectivity index (χ1n) is 14.4. The maximum Gasteiger partial charge on any atom is 0.323 e. The molecule has 0 aliphatic rings. The van der Waals surface area contributed by atoms with Crippen molar-refractivity contribution in [1.82, 2.24) is 0 Å². The molecule has 0 saturated heterocycles. The van der Waals surface area contributed by atoms with Gasteiger partial charge in [0.25, 0.3) is 0 Å². The van der Waals surface area contributed by atoms with E-state index in [2.05, 4.69) is 6.92 Å². The van der Waals surface area contributed by atoms with E-state index >= 15 is 0 Å². The first kappa shape index (κ1) is 34.1. The van der Waals surface area contributed by atoms with E-state index in [1.54, 1.807) is 25.1 Å². The molecule has 220 valence electrons. The summed E-state index contributed by atoms with van der Waals surface area (Å²) < 4.78 is 21.5. The van der Waals surface area contributed by atoms with E-state index in [1.807, 2.05) is 13.8 Å². The van der Waals surface area contributed by atoms with Crippen molar-refractivity contribution >= 4 is 23.9 Å². The number of carbonyl (C=O) groups excluding carboxylic acids is 4. The van der Waals surface area contributed by atoms with Crippen molar-refractivity contribution in [2.24, 2.45) is 5.73 Å². The number of hydrogen-bond acceptors (Lipinski definition) is 9. The third-order valence-corrected chi connectivity index (χ3v) is 5.96. The van der Waals surface area contributed by atoms with Crippen LogP contribution in [0.4, 0.5) is 0 Å². The summed E-state index contributed by atoms with van der Waals surface area (Å²) in [5, 5.41) is 0. The molecule has 1 aromatic rings. The fourth-order valence-corrected chi connectivity index (χ4v) is 3.69. The minimum Gasteiger partial charge on any atom is -0.462 e. The summed E-state index contributed by atoms with van der Waals surface area (Å²) in [5.74, 6) is -1.53. The molecule has 0 aromatic heterocycles. The van der Waals surface area contributed by atoms with E-state index in [4.69, 9.17) is 24.7 Å². The maximum atomic E-state index is 12.5. The van der Waals surface area contributed by atoms with Gasteiger partial charge in [-0.15, -0.1) is 0 Å². The third-order valence-electron chi connectivity index (χ3n) is 5.96. The van der Waals surface area contributed by atoms with Crippen molar-refractivity contribution < 1.29 is 38.1 Å². The lowest BCUT2D eigenvalue weighted by atomic mass is 10.1. The van der Waals surface area contributed by atoms with Gasteiger partial charge >= 0.3 is 23.9 Å². The van der Waals surface area contributed by atoms with E-state index in [-0.39, 0.29) is 43.3 Å². The van der Waals surface area contributed by atoms with E-state index in [0.717, 1.165) is 44.9 Å². The number of hydrogen-bond donors (Lipinski definition) is 1. The Balaban J connectivity index is 2.78. The van der Waals surface area contributed by atoms with Gasteiger partial charge in [0.1, 0.15) is 18.8 Å². The second-order valence-corrected chi connectivity index (χ2v) is 9.84. The van der Waals surface area contributed by atoms with Crippen molar-refractivity contribution in [2.75, 3.05) is 6.61 Å². The molecule has 0 spiro atoms. The fraction of sp³-hybridized carbons (Fsp3) is 0.667. The van der Waals surface area contributed by atoms with Gasteiger partial charge in [-0.05, 0) is 50.3 Å². The molecule has 1 rings (SSSR count). The number of esters is 4. The summed E-state index contributed by atoms with van der Waals surface area (Å²) >= 11 is 0. The molecular formula is C30H47NO8. The zero-order chi connectivity index (χ0) is 29.0. The first-order chi connectivity index (χ1) is 18.7. The van der Waals surface area contributed by atoms with Crippen molar-refractivity contribution in [3.63, 3.8) is 0 Å². The molecular weight excluding hydrogens is 502 g/mol. The van der Waals surface area contributed by atoms with E-state index in [0.29, 0.717) is 24.8 Å². The van der Waals surface area contributed by atoms with Crippen LogP contribution in [0.3, 0.4) is 0 Å². The van der Waals surface area contributed by atoms with Crippen LogP contribution in [0.25, 0.3) is 0 Å². The van der Waals surface area contributed by atoms with Crippen molar-refractivity contribution in [2.45, 2.75) is 123 Å². The average molecular weight is 550 g/mol. The zero-order valence-corrected chi connectivity index (χ0v) is 24.1. The van der Waals surface area contributed by atoms with Gasteiger partial charge in [0.15, 0.2) is 11.5 Å². The highest BCUT2D eigenvalue weighted by Crippen LogP contribution is 2.30. The number of ether oxygens (including phenoxy) is 4. The summed E-state index contributed by atoms with van der Waals surface area (Å²) in [6, 6.07) is 3.77. The summed E-state index contributed by atoms with van der Waals surface area (Å²) in [5.41, 5.74) is 6.69. The van der Waals surface area contributed by atoms with E-state index in [1.165, 1.54) is 0 Å². The number of nitrogens with two attached hydrogens (primary N) is 1. The van der Waals surface area contributed by atoms with Crippen LogP contribution in [0.2, 0.25) is 0 Å². The van der Waals surface area contributed by atoms with Crippen LogP contribution in [0.15, 0.2) is 18.2 Å². The Bertz CT molecular complexity index is 901. The fourth-order valence-electron chi connectivity index (χ4n) is 3.69. The molecule has 39 heavy (non-hydrogen) atoms. The van der Waals surface area contributed by atoms with Crippen molar-refractivity contribution in [3.8, 4) is 11.5 Å². The lowest BCUT2D eigenvalue weighted by Crippen LogP contribution is -2.37. The lowest BCUT2D eigenvalue weighted by molar-refractivity contribution is -0.159. The Hall–Kier alpha value is -2.94. The molecule has 2 atom stereocenters. The molecule has 0 unspecified atom stereocenters. The summed E-state index contributed by atoms with van der Waals surface area (Å²) in [7, 11) is 0. The zero-order valence-electron chi connectivity index (χ0n) is 24.1. The number of carbonyl (C=O) groups is 4. The van der Waals surface area contributed by atoms with Crippen LogP contribution in [0, 0.1) is 0 Å². The second kappa shape index (κ2) is 20.0. The van der Waals surface area contributed by atoms with Gasteiger partial charge in [-0.2, -0.15) is 0 Å². The normalized spacial score (nSPS) is 12.3. The number of rotatable bonds is 20. The minimum atomic E-state index is -0.997. The Morgan fingerprint density at radius 2 is 1.26 bits per heavy atom. The van der Waals surface area contributed by atoms with Gasteiger partial charge in [0, 0.05) is 19.3 Å². The van der Waals surface area contributed by atoms with Crippen molar-refractivity contribution in [1.29, 1.82) is 0 Å². The van der Waals surface area contributed by atoms with E-state index < -0.39 is 30.1 Å². The Labute approximate surface area is 233 Å². The Kier molecular flexibility index (Phi) is 17.5. The first-order valence-corrected chi connectivity index (χ1v) is 14.4. The highest BCUT2D eigenvalue weighted by Gasteiger charge is 2.21. The number of benzene rings is 1. The predicted molar refractivity (Wildman–Crippen MR) is 148 cm³/mol. The van der Waals surface area contributed by atoms with Crippen LogP contribution in [0.1, 0.15) is 110 Å². The van der Waals surface area contributed by atoms with Gasteiger partial charge in [-0.25, -0.2) is 0 Å². The minimum absolute atomic E-state index is 0.0418. The van der Waals surface area contributed by atoms with Crippen LogP contribution >= 0.6 is 0 Å². The summed E-state index contributed by atoms with van der Waals surface area (Å²) in [4.78, 5) is 49.0. The molecule has 0 aliphatic carbocycles. The lowest BCUT2D eigenvalue weighted by Gasteiger charge is -2.18. The predicted octanol–water partition coefficient (Wildman–Crippen LogP) is 5.58. The van der Waals surface area contributed by atoms with Crippen LogP contribution in [-0.2, 0) is 35.1 Å². The quantitative estimate of drug-likeness (QED) is 0.126. The Morgan fingerprint density at radius 3 is 1.79 bits per heavy atom. The van der Waals surface area contributed by atoms with Gasteiger partial charge in [-0.1, -0.05) is 65.4 Å². The molecule has 9 heteroatoms. The standard InChI is InChI=1S/C30H47NO8/c1-5-8-11-14-27(32)36-21-22(4)37-30(35)24(31)19-23-17-18-25(38-28(33)15-12-9-6-2)26(20-23)39-29(34)16-13-10-7-3/h17-18,20,22,24H,5-16,19,21,31H2,1-4H3/t22-,24-/m0/s1. The topological polar surface area (TPSA) is 131 Å². The van der Waals surface area contributed by atoms with Gasteiger partial charge in [-0.3, -0.25) is 19.2 Å². The van der Waals surface area contributed by atoms with Gasteiger partial charge in [0.2, 0.25) is 0 Å². The molecule has 1 aromatic carbocycles. The highest BCUT2D eigenvalue weighted by molar-refractivity contribution is 5.77. The van der Waals surface area contributed by atoms with Crippen LogP contribution < -0.4 is 15.2 Å². The Morgan fingerprint density at radius 1 is 0.744 bits per heavy atom. The SMILES string of the molecule is CCCCCC(=O)OC[C@H](C)OC(=O)[C@@H](N)Cc1ccc(OC(=O)CCCCC)c(OC(=O)CCCCC)c1. The molecule has 2 N–H and O–H groups in total. The highest BCUT2D eigenvalue weighted by atomic mass is 16.6. The van der Waals surface area contributed by atoms with E-state index in [9.17, 15) is 19.2 Å². The number of unbranched alkanes of at least 4 members (excludes halogenated alkanes) is 6. The smallest absolute Gasteiger partial charge is 0.323 e.